The van der Waals surface area contributed by atoms with Crippen LogP contribution in [0.15, 0.2) is 36.4 Å². The van der Waals surface area contributed by atoms with Crippen LogP contribution in [0.2, 0.25) is 0 Å². The van der Waals surface area contributed by atoms with Crippen molar-refractivity contribution < 1.29 is 19.7 Å². The van der Waals surface area contributed by atoms with Gasteiger partial charge in [0.25, 0.3) is 0 Å². The molecule has 2 atom stereocenters. The number of piperazine rings is 1. The van der Waals surface area contributed by atoms with Gasteiger partial charge in [0.15, 0.2) is 0 Å². The van der Waals surface area contributed by atoms with E-state index in [1.54, 1.807) is 0 Å². The highest BCUT2D eigenvalue weighted by molar-refractivity contribution is 5.40. The summed E-state index contributed by atoms with van der Waals surface area (Å²) in [5.41, 5.74) is 4.66. The van der Waals surface area contributed by atoms with Gasteiger partial charge in [0.2, 0.25) is 0 Å². The van der Waals surface area contributed by atoms with Crippen LogP contribution in [0.1, 0.15) is 61.8 Å². The number of nitrogens with zero attached hydrogens (tertiary/aromatic N) is 2. The number of aliphatic hydroxyl groups is 2. The van der Waals surface area contributed by atoms with Crippen molar-refractivity contribution in [3.8, 4) is 11.5 Å². The Morgan fingerprint density at radius 2 is 1.03 bits per heavy atom. The minimum Gasteiger partial charge on any atom is -0.491 e. The minimum absolute atomic E-state index is 0.288. The number of ether oxygens (including phenoxy) is 2. The summed E-state index contributed by atoms with van der Waals surface area (Å²) in [6, 6.07) is 12.5. The molecule has 6 heteroatoms. The lowest BCUT2D eigenvalue weighted by atomic mass is 10.0. The lowest BCUT2D eigenvalue weighted by Crippen LogP contribution is -2.51. The lowest BCUT2D eigenvalue weighted by Gasteiger charge is -2.36. The fourth-order valence-corrected chi connectivity index (χ4v) is 4.71. The SMILES string of the molecule is Cc1ccc(C(C)C)c(OC[C@@H](O)CN2CCN(C[C@H](O)COc3cc(C)ccc3C(C)C)CC2)c1. The summed E-state index contributed by atoms with van der Waals surface area (Å²) in [6.45, 7) is 17.9. The normalized spacial score (nSPS) is 16.9. The molecular weight excluding hydrogens is 452 g/mol. The van der Waals surface area contributed by atoms with Crippen molar-refractivity contribution in [2.75, 3.05) is 52.5 Å². The predicted molar refractivity (Wildman–Crippen MR) is 146 cm³/mol. The van der Waals surface area contributed by atoms with E-state index < -0.39 is 12.2 Å². The molecule has 0 aliphatic carbocycles. The average molecular weight is 499 g/mol. The van der Waals surface area contributed by atoms with Gasteiger partial charge >= 0.3 is 0 Å². The molecule has 0 amide bonds. The number of hydrogen-bond donors (Lipinski definition) is 2. The van der Waals surface area contributed by atoms with Crippen LogP contribution in [-0.4, -0.2) is 84.7 Å². The number of aliphatic hydroxyl groups excluding tert-OH is 2. The smallest absolute Gasteiger partial charge is 0.123 e. The van der Waals surface area contributed by atoms with E-state index in [9.17, 15) is 10.2 Å². The Morgan fingerprint density at radius 3 is 1.36 bits per heavy atom. The standard InChI is InChI=1S/C30H46N2O4/c1-21(2)27-9-7-23(5)15-29(27)35-19-25(33)17-31-11-13-32(14-12-31)18-26(34)20-36-30-16-24(6)8-10-28(30)22(3)4/h7-10,15-16,21-22,25-26,33-34H,11-14,17-20H2,1-6H3/t25-,26-/m0/s1. The average Bonchev–Trinajstić information content (AvgIpc) is 2.82. The third kappa shape index (κ3) is 8.48. The summed E-state index contributed by atoms with van der Waals surface area (Å²) < 4.78 is 12.0. The van der Waals surface area contributed by atoms with E-state index in [0.717, 1.165) is 48.8 Å². The van der Waals surface area contributed by atoms with Gasteiger partial charge in [-0.3, -0.25) is 9.80 Å². The molecule has 2 aromatic carbocycles. The summed E-state index contributed by atoms with van der Waals surface area (Å²) in [4.78, 5) is 4.54. The van der Waals surface area contributed by atoms with Crippen molar-refractivity contribution in [2.24, 2.45) is 0 Å². The molecule has 0 radical (unpaired) electrons. The third-order valence-corrected chi connectivity index (χ3v) is 6.85. The zero-order valence-electron chi connectivity index (χ0n) is 23.0. The molecule has 1 aliphatic heterocycles. The Morgan fingerprint density at radius 1 is 0.667 bits per heavy atom. The van der Waals surface area contributed by atoms with Crippen molar-refractivity contribution in [1.82, 2.24) is 9.80 Å². The van der Waals surface area contributed by atoms with Crippen molar-refractivity contribution in [1.29, 1.82) is 0 Å². The van der Waals surface area contributed by atoms with Gasteiger partial charge in [-0.2, -0.15) is 0 Å². The zero-order chi connectivity index (χ0) is 26.2. The van der Waals surface area contributed by atoms with Crippen molar-refractivity contribution in [2.45, 2.75) is 65.6 Å². The molecule has 0 saturated carbocycles. The van der Waals surface area contributed by atoms with Crippen LogP contribution >= 0.6 is 0 Å². The monoisotopic (exact) mass is 498 g/mol. The van der Waals surface area contributed by atoms with Crippen LogP contribution in [0, 0.1) is 13.8 Å². The number of benzene rings is 2. The summed E-state index contributed by atoms with van der Waals surface area (Å²) >= 11 is 0. The molecule has 1 aliphatic rings. The van der Waals surface area contributed by atoms with E-state index in [2.05, 4.69) is 87.7 Å². The molecule has 6 nitrogen and oxygen atoms in total. The van der Waals surface area contributed by atoms with Crippen LogP contribution in [0.4, 0.5) is 0 Å². The number of hydrogen-bond acceptors (Lipinski definition) is 6. The number of β-amino-alcohol motifs (C(OH)–C–C–N with tert-alkyl or cyclic N) is 2. The molecule has 3 rings (SSSR count). The summed E-state index contributed by atoms with van der Waals surface area (Å²) in [7, 11) is 0. The Hall–Kier alpha value is -2.12. The summed E-state index contributed by atoms with van der Waals surface area (Å²) in [6.07, 6.45) is -1.08. The molecule has 1 heterocycles. The van der Waals surface area contributed by atoms with Gasteiger partial charge in [-0.15, -0.1) is 0 Å². The third-order valence-electron chi connectivity index (χ3n) is 6.85. The highest BCUT2D eigenvalue weighted by atomic mass is 16.5. The van der Waals surface area contributed by atoms with Gasteiger partial charge in [-0.05, 0) is 60.1 Å². The highest BCUT2D eigenvalue weighted by Crippen LogP contribution is 2.28. The van der Waals surface area contributed by atoms with E-state index in [4.69, 9.17) is 9.47 Å². The van der Waals surface area contributed by atoms with Gasteiger partial charge in [0.05, 0.1) is 0 Å². The Kier molecular flexibility index (Phi) is 10.6. The lowest BCUT2D eigenvalue weighted by molar-refractivity contribution is 0.0238. The number of rotatable bonds is 12. The van der Waals surface area contributed by atoms with Gasteiger partial charge in [0.1, 0.15) is 36.9 Å². The molecule has 0 spiro atoms. The first-order valence-electron chi connectivity index (χ1n) is 13.4. The minimum atomic E-state index is -0.541. The van der Waals surface area contributed by atoms with Crippen LogP contribution in [-0.2, 0) is 0 Å². The Labute approximate surface area is 217 Å². The molecular formula is C30H46N2O4. The second-order valence-corrected chi connectivity index (χ2v) is 10.9. The van der Waals surface area contributed by atoms with Crippen LogP contribution in [0.25, 0.3) is 0 Å². The highest BCUT2D eigenvalue weighted by Gasteiger charge is 2.22. The molecule has 1 fully saturated rings. The molecule has 200 valence electrons. The first kappa shape index (κ1) is 28.5. The Bertz CT molecular complexity index is 876. The quantitative estimate of drug-likeness (QED) is 0.454. The second-order valence-electron chi connectivity index (χ2n) is 10.9. The molecule has 2 N–H and O–H groups in total. The maximum atomic E-state index is 10.6. The maximum Gasteiger partial charge on any atom is 0.123 e. The van der Waals surface area contributed by atoms with Crippen LogP contribution in [0.3, 0.4) is 0 Å². The first-order valence-corrected chi connectivity index (χ1v) is 13.4. The van der Waals surface area contributed by atoms with Gasteiger partial charge in [-0.1, -0.05) is 52.0 Å². The fourth-order valence-electron chi connectivity index (χ4n) is 4.71. The van der Waals surface area contributed by atoms with Crippen molar-refractivity contribution in [3.63, 3.8) is 0 Å². The van der Waals surface area contributed by atoms with Crippen LogP contribution < -0.4 is 9.47 Å². The summed E-state index contributed by atoms with van der Waals surface area (Å²) in [5, 5.41) is 21.2. The molecule has 0 bridgehead atoms. The number of aryl methyl sites for hydroxylation is 2. The molecule has 2 aromatic rings. The predicted octanol–water partition coefficient (Wildman–Crippen LogP) is 4.35. The summed E-state index contributed by atoms with van der Waals surface area (Å²) in [5.74, 6) is 2.49. The van der Waals surface area contributed by atoms with Gasteiger partial charge < -0.3 is 19.7 Å². The first-order chi connectivity index (χ1) is 17.1. The molecule has 0 aromatic heterocycles. The topological polar surface area (TPSA) is 65.4 Å². The largest absolute Gasteiger partial charge is 0.491 e. The molecule has 36 heavy (non-hydrogen) atoms. The van der Waals surface area contributed by atoms with E-state index >= 15 is 0 Å². The van der Waals surface area contributed by atoms with Gasteiger partial charge in [0, 0.05) is 39.3 Å². The van der Waals surface area contributed by atoms with E-state index in [1.807, 2.05) is 0 Å². The molecule has 1 saturated heterocycles. The van der Waals surface area contributed by atoms with E-state index in [1.165, 1.54) is 11.1 Å². The van der Waals surface area contributed by atoms with Crippen molar-refractivity contribution >= 4 is 0 Å². The van der Waals surface area contributed by atoms with Crippen molar-refractivity contribution in [3.05, 3.63) is 58.7 Å². The Balaban J connectivity index is 1.39. The van der Waals surface area contributed by atoms with E-state index in [-0.39, 0.29) is 13.2 Å². The van der Waals surface area contributed by atoms with Crippen LogP contribution in [0.5, 0.6) is 11.5 Å². The van der Waals surface area contributed by atoms with Gasteiger partial charge in [-0.25, -0.2) is 0 Å². The zero-order valence-corrected chi connectivity index (χ0v) is 23.0. The second kappa shape index (κ2) is 13.4. The van der Waals surface area contributed by atoms with E-state index in [0.29, 0.717) is 24.9 Å². The molecule has 0 unspecified atom stereocenters. The fraction of sp³-hybridized carbons (Fsp3) is 0.600. The maximum absolute atomic E-state index is 10.6.